The second-order valence-electron chi connectivity index (χ2n) is 6.53. The molecule has 0 saturated carbocycles. The van der Waals surface area contributed by atoms with E-state index in [0.717, 1.165) is 15.9 Å². The molecule has 148 valence electrons. The smallest absolute Gasteiger partial charge is 0.409 e. The zero-order valence-electron chi connectivity index (χ0n) is 15.7. The van der Waals surface area contributed by atoms with Gasteiger partial charge in [-0.25, -0.2) is 4.79 Å². The van der Waals surface area contributed by atoms with E-state index in [1.165, 1.54) is 0 Å². The highest BCUT2D eigenvalue weighted by Crippen LogP contribution is 2.25. The summed E-state index contributed by atoms with van der Waals surface area (Å²) in [7, 11) is 0. The summed E-state index contributed by atoms with van der Waals surface area (Å²) in [4.78, 5) is 25.9. The Kier molecular flexibility index (Phi) is 6.92. The summed E-state index contributed by atoms with van der Waals surface area (Å²) in [6, 6.07) is 14.9. The van der Waals surface area contributed by atoms with E-state index in [4.69, 9.17) is 9.47 Å². The van der Waals surface area contributed by atoms with Crippen LogP contribution in [-0.4, -0.2) is 36.6 Å². The minimum atomic E-state index is -0.303. The highest BCUT2D eigenvalue weighted by atomic mass is 79.9. The predicted octanol–water partition coefficient (Wildman–Crippen LogP) is 5.05. The fourth-order valence-electron chi connectivity index (χ4n) is 3.03. The van der Waals surface area contributed by atoms with Gasteiger partial charge in [-0.2, -0.15) is 0 Å². The Hall–Kier alpha value is -2.54. The topological polar surface area (TPSA) is 67.9 Å². The normalized spacial score (nSPS) is 14.4. The first-order valence-corrected chi connectivity index (χ1v) is 10.1. The van der Waals surface area contributed by atoms with Crippen molar-refractivity contribution in [2.24, 2.45) is 5.92 Å². The van der Waals surface area contributed by atoms with Crippen molar-refractivity contribution in [1.29, 1.82) is 0 Å². The molecule has 0 spiro atoms. The lowest BCUT2D eigenvalue weighted by Gasteiger charge is -2.30. The fraction of sp³-hybridized carbons (Fsp3) is 0.333. The summed E-state index contributed by atoms with van der Waals surface area (Å²) in [6.45, 7) is 3.22. The van der Waals surface area contributed by atoms with Crippen LogP contribution in [0.15, 0.2) is 53.0 Å². The molecule has 0 atom stereocenters. The number of carbonyl (C=O) groups excluding carboxylic acids is 2. The van der Waals surface area contributed by atoms with Crippen LogP contribution >= 0.6 is 15.9 Å². The summed E-state index contributed by atoms with van der Waals surface area (Å²) in [5.74, 6) is 1.31. The Labute approximate surface area is 172 Å². The molecule has 7 heteroatoms. The van der Waals surface area contributed by atoms with E-state index in [9.17, 15) is 9.59 Å². The number of hydrogen-bond acceptors (Lipinski definition) is 4. The van der Waals surface area contributed by atoms with E-state index in [0.29, 0.717) is 38.3 Å². The molecule has 0 radical (unpaired) electrons. The lowest BCUT2D eigenvalue weighted by Crippen LogP contribution is -2.41. The third-order valence-corrected chi connectivity index (χ3v) is 5.09. The van der Waals surface area contributed by atoms with Crippen LogP contribution in [-0.2, 0) is 9.53 Å². The van der Waals surface area contributed by atoms with Crippen molar-refractivity contribution in [2.75, 3.05) is 25.0 Å². The second-order valence-corrected chi connectivity index (χ2v) is 7.45. The number of rotatable bonds is 5. The highest BCUT2D eigenvalue weighted by molar-refractivity contribution is 9.10. The number of benzene rings is 2. The van der Waals surface area contributed by atoms with E-state index in [2.05, 4.69) is 21.2 Å². The number of anilines is 1. The van der Waals surface area contributed by atoms with Crippen molar-refractivity contribution in [3.8, 4) is 11.5 Å². The molecule has 3 rings (SSSR count). The van der Waals surface area contributed by atoms with Crippen LogP contribution in [0.3, 0.4) is 0 Å². The van der Waals surface area contributed by atoms with Crippen molar-refractivity contribution >= 4 is 33.6 Å². The predicted molar refractivity (Wildman–Crippen MR) is 111 cm³/mol. The molecule has 1 aliphatic rings. The van der Waals surface area contributed by atoms with Gasteiger partial charge in [-0.1, -0.05) is 15.9 Å². The van der Waals surface area contributed by atoms with Gasteiger partial charge in [0.15, 0.2) is 0 Å². The Morgan fingerprint density at radius 3 is 2.18 bits per heavy atom. The van der Waals surface area contributed by atoms with Gasteiger partial charge in [0, 0.05) is 29.2 Å². The Morgan fingerprint density at radius 1 is 1.04 bits per heavy atom. The molecule has 0 unspecified atom stereocenters. The van der Waals surface area contributed by atoms with Crippen molar-refractivity contribution in [3.05, 3.63) is 53.0 Å². The Balaban J connectivity index is 1.49. The van der Waals surface area contributed by atoms with E-state index in [1.807, 2.05) is 48.5 Å². The van der Waals surface area contributed by atoms with Gasteiger partial charge >= 0.3 is 6.09 Å². The van der Waals surface area contributed by atoms with E-state index < -0.39 is 0 Å². The number of hydrogen-bond donors (Lipinski definition) is 1. The van der Waals surface area contributed by atoms with E-state index in [-0.39, 0.29) is 17.9 Å². The molecule has 0 bridgehead atoms. The number of piperidine rings is 1. The number of ether oxygens (including phenoxy) is 2. The van der Waals surface area contributed by atoms with Gasteiger partial charge in [-0.05, 0) is 68.3 Å². The van der Waals surface area contributed by atoms with Gasteiger partial charge < -0.3 is 19.7 Å². The van der Waals surface area contributed by atoms with Crippen LogP contribution in [0.4, 0.5) is 10.5 Å². The van der Waals surface area contributed by atoms with Gasteiger partial charge in [-0.15, -0.1) is 0 Å². The van der Waals surface area contributed by atoms with Crippen molar-refractivity contribution in [1.82, 2.24) is 4.90 Å². The molecule has 1 aliphatic heterocycles. The van der Waals surface area contributed by atoms with Crippen LogP contribution in [0.5, 0.6) is 11.5 Å². The molecule has 1 N–H and O–H groups in total. The zero-order chi connectivity index (χ0) is 19.9. The average molecular weight is 447 g/mol. The number of nitrogens with one attached hydrogen (secondary N) is 1. The molecule has 1 fully saturated rings. The number of amides is 2. The summed E-state index contributed by atoms with van der Waals surface area (Å²) in [5, 5.41) is 2.94. The van der Waals surface area contributed by atoms with Crippen LogP contribution in [0, 0.1) is 5.92 Å². The van der Waals surface area contributed by atoms with Crippen LogP contribution in [0.2, 0.25) is 0 Å². The van der Waals surface area contributed by atoms with Crippen LogP contribution in [0.25, 0.3) is 0 Å². The maximum Gasteiger partial charge on any atom is 0.409 e. The fourth-order valence-corrected chi connectivity index (χ4v) is 3.29. The SMILES string of the molecule is CCOC(=O)N1CCC(C(=O)Nc2ccc(Oc3ccc(Br)cc3)cc2)CC1. The molecule has 1 saturated heterocycles. The number of nitrogens with zero attached hydrogens (tertiary/aromatic N) is 1. The van der Waals surface area contributed by atoms with E-state index >= 15 is 0 Å². The highest BCUT2D eigenvalue weighted by Gasteiger charge is 2.27. The number of carbonyl (C=O) groups is 2. The third kappa shape index (κ3) is 5.48. The van der Waals surface area contributed by atoms with E-state index in [1.54, 1.807) is 11.8 Å². The standard InChI is InChI=1S/C21H23BrN2O4/c1-2-27-21(26)24-13-11-15(12-14-24)20(25)23-17-5-9-19(10-6-17)28-18-7-3-16(22)4-8-18/h3-10,15H,2,11-14H2,1H3,(H,23,25). The Bertz CT molecular complexity index is 800. The van der Waals surface area contributed by atoms with Crippen LogP contribution in [0.1, 0.15) is 19.8 Å². The quantitative estimate of drug-likeness (QED) is 0.697. The first-order valence-electron chi connectivity index (χ1n) is 9.31. The van der Waals surface area contributed by atoms with Crippen molar-refractivity contribution in [2.45, 2.75) is 19.8 Å². The monoisotopic (exact) mass is 446 g/mol. The molecular weight excluding hydrogens is 424 g/mol. The lowest BCUT2D eigenvalue weighted by atomic mass is 9.96. The third-order valence-electron chi connectivity index (χ3n) is 4.56. The van der Waals surface area contributed by atoms with Crippen molar-refractivity contribution < 1.29 is 19.1 Å². The first-order chi connectivity index (χ1) is 13.5. The van der Waals surface area contributed by atoms with Gasteiger partial charge in [0.2, 0.25) is 5.91 Å². The summed E-state index contributed by atoms with van der Waals surface area (Å²) < 4.78 is 11.8. The largest absolute Gasteiger partial charge is 0.457 e. The molecule has 6 nitrogen and oxygen atoms in total. The average Bonchev–Trinajstić information content (AvgIpc) is 2.71. The van der Waals surface area contributed by atoms with Crippen molar-refractivity contribution in [3.63, 3.8) is 0 Å². The summed E-state index contributed by atoms with van der Waals surface area (Å²) >= 11 is 3.39. The van der Waals surface area contributed by atoms with Crippen LogP contribution < -0.4 is 10.1 Å². The number of likely N-dealkylation sites (tertiary alicyclic amines) is 1. The maximum atomic E-state index is 12.5. The minimum absolute atomic E-state index is 0.0231. The maximum absolute atomic E-state index is 12.5. The molecule has 28 heavy (non-hydrogen) atoms. The summed E-state index contributed by atoms with van der Waals surface area (Å²) in [6.07, 6.45) is 0.966. The minimum Gasteiger partial charge on any atom is -0.457 e. The molecule has 2 aromatic rings. The molecular formula is C21H23BrN2O4. The number of halogens is 1. The first kappa shape index (κ1) is 20.2. The molecule has 1 heterocycles. The molecule has 0 aromatic heterocycles. The molecule has 2 aromatic carbocycles. The summed E-state index contributed by atoms with van der Waals surface area (Å²) in [5.41, 5.74) is 0.723. The van der Waals surface area contributed by atoms with Gasteiger partial charge in [0.1, 0.15) is 11.5 Å². The lowest BCUT2D eigenvalue weighted by molar-refractivity contribution is -0.121. The zero-order valence-corrected chi connectivity index (χ0v) is 17.3. The van der Waals surface area contributed by atoms with Gasteiger partial charge in [0.25, 0.3) is 0 Å². The molecule has 2 amide bonds. The molecule has 0 aliphatic carbocycles. The van der Waals surface area contributed by atoms with Gasteiger partial charge in [0.05, 0.1) is 6.61 Å². The second kappa shape index (κ2) is 9.59. The Morgan fingerprint density at radius 2 is 1.61 bits per heavy atom. The van der Waals surface area contributed by atoms with Gasteiger partial charge in [-0.3, -0.25) is 4.79 Å².